The number of nitro groups is 1. The SMILES string of the molecule is CCOC(=O)c1cc(C)cc(C=O)c1[N+](=O)[O-]. The van der Waals surface area contributed by atoms with Crippen molar-refractivity contribution in [3.63, 3.8) is 0 Å². The van der Waals surface area contributed by atoms with Crippen LogP contribution in [0.4, 0.5) is 5.69 Å². The van der Waals surface area contributed by atoms with Crippen LogP contribution in [0.15, 0.2) is 12.1 Å². The summed E-state index contributed by atoms with van der Waals surface area (Å²) in [6.45, 7) is 3.35. The minimum Gasteiger partial charge on any atom is -0.462 e. The van der Waals surface area contributed by atoms with Crippen molar-refractivity contribution in [3.05, 3.63) is 38.9 Å². The van der Waals surface area contributed by atoms with Gasteiger partial charge in [0.25, 0.3) is 5.69 Å². The molecule has 0 aromatic heterocycles. The van der Waals surface area contributed by atoms with Crippen LogP contribution < -0.4 is 0 Å². The predicted molar refractivity (Wildman–Crippen MR) is 59.2 cm³/mol. The smallest absolute Gasteiger partial charge is 0.345 e. The average Bonchev–Trinajstić information content (AvgIpc) is 2.27. The molecule has 6 heteroatoms. The Hall–Kier alpha value is -2.24. The van der Waals surface area contributed by atoms with Gasteiger partial charge in [0.2, 0.25) is 0 Å². The van der Waals surface area contributed by atoms with Gasteiger partial charge < -0.3 is 4.74 Å². The Morgan fingerprint density at radius 3 is 2.65 bits per heavy atom. The summed E-state index contributed by atoms with van der Waals surface area (Å²) in [6.07, 6.45) is 0.355. The first-order chi connectivity index (χ1) is 8.01. The molecular weight excluding hydrogens is 226 g/mol. The molecular formula is C11H11NO5. The molecule has 6 nitrogen and oxygen atoms in total. The number of rotatable bonds is 4. The van der Waals surface area contributed by atoms with E-state index in [4.69, 9.17) is 4.74 Å². The van der Waals surface area contributed by atoms with Gasteiger partial charge in [0.1, 0.15) is 5.56 Å². The molecule has 0 aliphatic rings. The van der Waals surface area contributed by atoms with E-state index in [1.54, 1.807) is 13.8 Å². The van der Waals surface area contributed by atoms with Gasteiger partial charge in [-0.25, -0.2) is 4.79 Å². The van der Waals surface area contributed by atoms with E-state index in [0.717, 1.165) is 0 Å². The van der Waals surface area contributed by atoms with Gasteiger partial charge in [-0.2, -0.15) is 0 Å². The van der Waals surface area contributed by atoms with Gasteiger partial charge in [0.15, 0.2) is 6.29 Å². The number of carbonyl (C=O) groups is 2. The number of aldehydes is 1. The summed E-state index contributed by atoms with van der Waals surface area (Å²) >= 11 is 0. The van der Waals surface area contributed by atoms with E-state index in [1.165, 1.54) is 12.1 Å². The van der Waals surface area contributed by atoms with Crippen LogP contribution in [0.5, 0.6) is 0 Å². The Morgan fingerprint density at radius 2 is 2.18 bits per heavy atom. The van der Waals surface area contributed by atoms with Crippen LogP contribution in [-0.4, -0.2) is 23.8 Å². The summed E-state index contributed by atoms with van der Waals surface area (Å²) in [5.41, 5.74) is -0.248. The minimum atomic E-state index is -0.800. The molecule has 0 aliphatic heterocycles. The summed E-state index contributed by atoms with van der Waals surface area (Å²) in [5, 5.41) is 10.9. The topological polar surface area (TPSA) is 86.5 Å². The zero-order valence-electron chi connectivity index (χ0n) is 9.43. The lowest BCUT2D eigenvalue weighted by atomic mass is 10.0. The van der Waals surface area contributed by atoms with Crippen LogP contribution >= 0.6 is 0 Å². The molecule has 0 saturated carbocycles. The fraction of sp³-hybridized carbons (Fsp3) is 0.273. The van der Waals surface area contributed by atoms with E-state index in [9.17, 15) is 19.7 Å². The number of hydrogen-bond acceptors (Lipinski definition) is 5. The highest BCUT2D eigenvalue weighted by atomic mass is 16.6. The van der Waals surface area contributed by atoms with Gasteiger partial charge in [0, 0.05) is 0 Å². The van der Waals surface area contributed by atoms with Crippen molar-refractivity contribution in [1.82, 2.24) is 0 Å². The number of nitro benzene ring substituents is 1. The standard InChI is InChI=1S/C11H11NO5/c1-3-17-11(14)9-5-7(2)4-8(6-13)10(9)12(15)16/h4-6H,3H2,1-2H3. The van der Waals surface area contributed by atoms with Crippen LogP contribution in [0.25, 0.3) is 0 Å². The van der Waals surface area contributed by atoms with Crippen molar-refractivity contribution >= 4 is 17.9 Å². The van der Waals surface area contributed by atoms with E-state index < -0.39 is 16.6 Å². The number of benzene rings is 1. The Labute approximate surface area is 97.3 Å². The Balaban J connectivity index is 3.45. The van der Waals surface area contributed by atoms with Crippen molar-refractivity contribution in [2.75, 3.05) is 6.61 Å². The maximum absolute atomic E-state index is 11.5. The molecule has 1 aromatic rings. The van der Waals surface area contributed by atoms with Crippen molar-refractivity contribution in [2.45, 2.75) is 13.8 Å². The molecule has 0 radical (unpaired) electrons. The van der Waals surface area contributed by atoms with Gasteiger partial charge in [-0.1, -0.05) is 0 Å². The van der Waals surface area contributed by atoms with Crippen LogP contribution in [0.3, 0.4) is 0 Å². The van der Waals surface area contributed by atoms with Crippen molar-refractivity contribution < 1.29 is 19.2 Å². The second-order valence-electron chi connectivity index (χ2n) is 3.35. The molecule has 0 aliphatic carbocycles. The van der Waals surface area contributed by atoms with E-state index in [0.29, 0.717) is 11.8 Å². The van der Waals surface area contributed by atoms with E-state index in [2.05, 4.69) is 0 Å². The van der Waals surface area contributed by atoms with Crippen LogP contribution in [-0.2, 0) is 4.74 Å². The van der Waals surface area contributed by atoms with E-state index >= 15 is 0 Å². The number of carbonyl (C=O) groups excluding carboxylic acids is 2. The molecule has 0 spiro atoms. The van der Waals surface area contributed by atoms with E-state index in [-0.39, 0.29) is 17.7 Å². The molecule has 0 atom stereocenters. The molecule has 1 rings (SSSR count). The summed E-state index contributed by atoms with van der Waals surface area (Å²) < 4.78 is 4.71. The van der Waals surface area contributed by atoms with E-state index in [1.807, 2.05) is 0 Å². The summed E-state index contributed by atoms with van der Waals surface area (Å²) in [5.74, 6) is -0.800. The normalized spacial score (nSPS) is 9.76. The van der Waals surface area contributed by atoms with Crippen molar-refractivity contribution in [2.24, 2.45) is 0 Å². The first-order valence-corrected chi connectivity index (χ1v) is 4.92. The molecule has 0 saturated heterocycles. The van der Waals surface area contributed by atoms with Gasteiger partial charge in [0.05, 0.1) is 17.1 Å². The third kappa shape index (κ3) is 2.66. The zero-order valence-corrected chi connectivity index (χ0v) is 9.43. The number of hydrogen-bond donors (Lipinski definition) is 0. The molecule has 17 heavy (non-hydrogen) atoms. The van der Waals surface area contributed by atoms with Gasteiger partial charge in [-0.3, -0.25) is 14.9 Å². The maximum Gasteiger partial charge on any atom is 0.345 e. The zero-order chi connectivity index (χ0) is 13.0. The summed E-state index contributed by atoms with van der Waals surface area (Å²) in [6, 6.07) is 2.69. The largest absolute Gasteiger partial charge is 0.462 e. The van der Waals surface area contributed by atoms with Crippen LogP contribution in [0.1, 0.15) is 33.2 Å². The van der Waals surface area contributed by atoms with Crippen molar-refractivity contribution in [1.29, 1.82) is 0 Å². The summed E-state index contributed by atoms with van der Waals surface area (Å²) in [7, 11) is 0. The van der Waals surface area contributed by atoms with Gasteiger partial charge in [-0.15, -0.1) is 0 Å². The number of aryl methyl sites for hydroxylation is 1. The Kier molecular flexibility index (Phi) is 3.92. The second kappa shape index (κ2) is 5.20. The molecule has 0 unspecified atom stereocenters. The molecule has 0 heterocycles. The summed E-state index contributed by atoms with van der Waals surface area (Å²) in [4.78, 5) is 32.4. The lowest BCUT2D eigenvalue weighted by molar-refractivity contribution is -0.385. The van der Waals surface area contributed by atoms with Crippen LogP contribution in [0.2, 0.25) is 0 Å². The molecule has 0 amide bonds. The Bertz CT molecular complexity index is 481. The average molecular weight is 237 g/mol. The Morgan fingerprint density at radius 1 is 1.53 bits per heavy atom. The fourth-order valence-electron chi connectivity index (χ4n) is 1.46. The lowest BCUT2D eigenvalue weighted by Gasteiger charge is -2.05. The fourth-order valence-corrected chi connectivity index (χ4v) is 1.46. The second-order valence-corrected chi connectivity index (χ2v) is 3.35. The minimum absolute atomic E-state index is 0.111. The highest BCUT2D eigenvalue weighted by molar-refractivity contribution is 5.98. The molecule has 0 bridgehead atoms. The first kappa shape index (κ1) is 12.8. The molecule has 1 aromatic carbocycles. The molecule has 90 valence electrons. The number of ether oxygens (including phenoxy) is 1. The highest BCUT2D eigenvalue weighted by Crippen LogP contribution is 2.25. The highest BCUT2D eigenvalue weighted by Gasteiger charge is 2.25. The monoisotopic (exact) mass is 237 g/mol. The van der Waals surface area contributed by atoms with Gasteiger partial charge >= 0.3 is 5.97 Å². The maximum atomic E-state index is 11.5. The first-order valence-electron chi connectivity index (χ1n) is 4.92. The van der Waals surface area contributed by atoms with Gasteiger partial charge in [-0.05, 0) is 31.5 Å². The quantitative estimate of drug-likeness (QED) is 0.345. The molecule has 0 N–H and O–H groups in total. The third-order valence-electron chi connectivity index (χ3n) is 2.09. The number of esters is 1. The predicted octanol–water partition coefficient (Wildman–Crippen LogP) is 1.89. The van der Waals surface area contributed by atoms with Crippen molar-refractivity contribution in [3.8, 4) is 0 Å². The van der Waals surface area contributed by atoms with Crippen LogP contribution in [0, 0.1) is 17.0 Å². The molecule has 0 fully saturated rings. The third-order valence-corrected chi connectivity index (χ3v) is 2.09. The lowest BCUT2D eigenvalue weighted by Crippen LogP contribution is -2.10. The number of nitrogens with zero attached hydrogens (tertiary/aromatic N) is 1.